The number of hydrogen-bond donors (Lipinski definition) is 0. The van der Waals surface area contributed by atoms with Gasteiger partial charge < -0.3 is 9.47 Å². The van der Waals surface area contributed by atoms with Gasteiger partial charge in [-0.05, 0) is 38.0 Å². The lowest BCUT2D eigenvalue weighted by Gasteiger charge is -2.15. The summed E-state index contributed by atoms with van der Waals surface area (Å²) in [4.78, 5) is 11.5. The second-order valence-corrected chi connectivity index (χ2v) is 3.80. The highest BCUT2D eigenvalue weighted by atomic mass is 16.5. The summed E-state index contributed by atoms with van der Waals surface area (Å²) in [6, 6.07) is 7.14. The van der Waals surface area contributed by atoms with Crippen LogP contribution in [0.1, 0.15) is 44.0 Å². The Morgan fingerprint density at radius 2 is 1.94 bits per heavy atom. The molecule has 0 spiro atoms. The summed E-state index contributed by atoms with van der Waals surface area (Å²) in [7, 11) is 0. The van der Waals surface area contributed by atoms with Gasteiger partial charge in [0.15, 0.2) is 0 Å². The number of hydrogen-bond acceptors (Lipinski definition) is 3. The third kappa shape index (κ3) is 4.10. The molecule has 0 heterocycles. The van der Waals surface area contributed by atoms with E-state index in [-0.39, 0.29) is 12.1 Å². The Bertz CT molecular complexity index is 356. The molecule has 3 heteroatoms. The van der Waals surface area contributed by atoms with Crippen molar-refractivity contribution >= 4 is 5.97 Å². The third-order valence-electron chi connectivity index (χ3n) is 2.56. The molecule has 3 nitrogen and oxygen atoms in total. The molecule has 0 bridgehead atoms. The molecule has 0 atom stereocenters. The SMILES string of the molecule is CCOC(=O)c1cccc(OC(CC)CC)c1. The van der Waals surface area contributed by atoms with Gasteiger partial charge in [-0.25, -0.2) is 4.79 Å². The number of carbonyl (C=O) groups excluding carboxylic acids is 1. The molecule has 0 unspecified atom stereocenters. The first kappa shape index (κ1) is 13.6. The van der Waals surface area contributed by atoms with Crippen molar-refractivity contribution in [2.75, 3.05) is 6.61 Å². The van der Waals surface area contributed by atoms with Gasteiger partial charge in [-0.1, -0.05) is 19.9 Å². The second-order valence-electron chi connectivity index (χ2n) is 3.80. The van der Waals surface area contributed by atoms with Gasteiger partial charge in [0.1, 0.15) is 5.75 Å². The zero-order valence-corrected chi connectivity index (χ0v) is 10.7. The fourth-order valence-corrected chi connectivity index (χ4v) is 1.56. The van der Waals surface area contributed by atoms with E-state index in [1.165, 1.54) is 0 Å². The summed E-state index contributed by atoms with van der Waals surface area (Å²) in [6.45, 7) is 6.35. The molecule has 0 aromatic heterocycles. The van der Waals surface area contributed by atoms with E-state index in [1.807, 2.05) is 12.1 Å². The van der Waals surface area contributed by atoms with Crippen molar-refractivity contribution in [3.8, 4) is 5.75 Å². The third-order valence-corrected chi connectivity index (χ3v) is 2.56. The van der Waals surface area contributed by atoms with E-state index in [1.54, 1.807) is 19.1 Å². The zero-order chi connectivity index (χ0) is 12.7. The summed E-state index contributed by atoms with van der Waals surface area (Å²) in [5.41, 5.74) is 0.537. The van der Waals surface area contributed by atoms with Crippen LogP contribution in [0.25, 0.3) is 0 Å². The second kappa shape index (κ2) is 6.94. The monoisotopic (exact) mass is 236 g/mol. The van der Waals surface area contributed by atoms with Gasteiger partial charge in [0.25, 0.3) is 0 Å². The van der Waals surface area contributed by atoms with E-state index >= 15 is 0 Å². The molecule has 0 N–H and O–H groups in total. The van der Waals surface area contributed by atoms with E-state index in [0.29, 0.717) is 12.2 Å². The van der Waals surface area contributed by atoms with Crippen LogP contribution >= 0.6 is 0 Å². The van der Waals surface area contributed by atoms with Gasteiger partial charge in [-0.2, -0.15) is 0 Å². The molecule has 1 aromatic carbocycles. The average Bonchev–Trinajstić information content (AvgIpc) is 2.36. The van der Waals surface area contributed by atoms with Crippen LogP contribution in [0.5, 0.6) is 5.75 Å². The maximum Gasteiger partial charge on any atom is 0.338 e. The van der Waals surface area contributed by atoms with Gasteiger partial charge >= 0.3 is 5.97 Å². The van der Waals surface area contributed by atoms with Crippen molar-refractivity contribution in [2.24, 2.45) is 0 Å². The maximum atomic E-state index is 11.5. The van der Waals surface area contributed by atoms with Crippen molar-refractivity contribution < 1.29 is 14.3 Å². The number of esters is 1. The first-order chi connectivity index (χ1) is 8.21. The predicted molar refractivity (Wildman–Crippen MR) is 67.4 cm³/mol. The van der Waals surface area contributed by atoms with Gasteiger partial charge in [0.05, 0.1) is 18.3 Å². The van der Waals surface area contributed by atoms with Gasteiger partial charge in [-0.15, -0.1) is 0 Å². The highest BCUT2D eigenvalue weighted by Crippen LogP contribution is 2.17. The highest BCUT2D eigenvalue weighted by molar-refractivity contribution is 5.89. The molecular formula is C14H20O3. The normalized spacial score (nSPS) is 10.4. The van der Waals surface area contributed by atoms with Crippen LogP contribution < -0.4 is 4.74 Å². The maximum absolute atomic E-state index is 11.5. The lowest BCUT2D eigenvalue weighted by Crippen LogP contribution is -2.14. The minimum absolute atomic E-state index is 0.201. The van der Waals surface area contributed by atoms with Crippen LogP contribution in [0.2, 0.25) is 0 Å². The molecule has 0 saturated heterocycles. The van der Waals surface area contributed by atoms with Crippen LogP contribution in [-0.4, -0.2) is 18.7 Å². The summed E-state index contributed by atoms with van der Waals surface area (Å²) in [6.07, 6.45) is 2.12. The Balaban J connectivity index is 2.75. The first-order valence-electron chi connectivity index (χ1n) is 6.15. The van der Waals surface area contributed by atoms with Crippen molar-refractivity contribution in [1.29, 1.82) is 0 Å². The molecule has 0 amide bonds. The lowest BCUT2D eigenvalue weighted by molar-refractivity contribution is 0.0525. The molecule has 17 heavy (non-hydrogen) atoms. The van der Waals surface area contributed by atoms with Crippen molar-refractivity contribution in [1.82, 2.24) is 0 Å². The summed E-state index contributed by atoms with van der Waals surface area (Å²) >= 11 is 0. The number of carbonyl (C=O) groups is 1. The largest absolute Gasteiger partial charge is 0.490 e. The molecule has 94 valence electrons. The van der Waals surface area contributed by atoms with Crippen LogP contribution in [-0.2, 0) is 4.74 Å². The Morgan fingerprint density at radius 3 is 2.53 bits per heavy atom. The Kier molecular flexibility index (Phi) is 5.53. The Morgan fingerprint density at radius 1 is 1.24 bits per heavy atom. The lowest BCUT2D eigenvalue weighted by atomic mass is 10.2. The molecule has 0 radical (unpaired) electrons. The van der Waals surface area contributed by atoms with Crippen molar-refractivity contribution in [2.45, 2.75) is 39.7 Å². The van der Waals surface area contributed by atoms with E-state index in [4.69, 9.17) is 9.47 Å². The molecule has 0 saturated carbocycles. The van der Waals surface area contributed by atoms with Gasteiger partial charge in [0.2, 0.25) is 0 Å². The summed E-state index contributed by atoms with van der Waals surface area (Å²) in [5, 5.41) is 0. The quantitative estimate of drug-likeness (QED) is 0.710. The zero-order valence-electron chi connectivity index (χ0n) is 10.7. The van der Waals surface area contributed by atoms with Crippen molar-refractivity contribution in [3.05, 3.63) is 29.8 Å². The molecule has 1 aromatic rings. The molecule has 0 aliphatic carbocycles. The standard InChI is InChI=1S/C14H20O3/c1-4-12(5-2)17-13-9-7-8-11(10-13)14(15)16-6-3/h7-10,12H,4-6H2,1-3H3. The van der Waals surface area contributed by atoms with E-state index in [2.05, 4.69) is 13.8 Å². The molecule has 0 aliphatic heterocycles. The van der Waals surface area contributed by atoms with Gasteiger partial charge in [-0.3, -0.25) is 0 Å². The van der Waals surface area contributed by atoms with Crippen LogP contribution in [0.15, 0.2) is 24.3 Å². The summed E-state index contributed by atoms with van der Waals surface area (Å²) < 4.78 is 10.7. The van der Waals surface area contributed by atoms with Crippen LogP contribution in [0.4, 0.5) is 0 Å². The molecule has 0 fully saturated rings. The van der Waals surface area contributed by atoms with Crippen LogP contribution in [0.3, 0.4) is 0 Å². The average molecular weight is 236 g/mol. The smallest absolute Gasteiger partial charge is 0.338 e. The number of rotatable bonds is 6. The molecule has 1 rings (SSSR count). The fourth-order valence-electron chi connectivity index (χ4n) is 1.56. The number of ether oxygens (including phenoxy) is 2. The molecular weight excluding hydrogens is 216 g/mol. The number of benzene rings is 1. The van der Waals surface area contributed by atoms with E-state index in [9.17, 15) is 4.79 Å². The Hall–Kier alpha value is -1.51. The topological polar surface area (TPSA) is 35.5 Å². The highest BCUT2D eigenvalue weighted by Gasteiger charge is 2.09. The predicted octanol–water partition coefficient (Wildman–Crippen LogP) is 3.43. The summed E-state index contributed by atoms with van der Waals surface area (Å²) in [5.74, 6) is 0.423. The van der Waals surface area contributed by atoms with Crippen molar-refractivity contribution in [3.63, 3.8) is 0 Å². The van der Waals surface area contributed by atoms with Gasteiger partial charge in [0, 0.05) is 0 Å². The van der Waals surface area contributed by atoms with Crippen LogP contribution in [0, 0.1) is 0 Å². The molecule has 0 aliphatic rings. The fraction of sp³-hybridized carbons (Fsp3) is 0.500. The Labute approximate surface area is 103 Å². The minimum Gasteiger partial charge on any atom is -0.490 e. The first-order valence-corrected chi connectivity index (χ1v) is 6.15. The van der Waals surface area contributed by atoms with E-state index < -0.39 is 0 Å². The minimum atomic E-state index is -0.303. The van der Waals surface area contributed by atoms with E-state index in [0.717, 1.165) is 18.6 Å².